The topological polar surface area (TPSA) is 75.4 Å². The summed E-state index contributed by atoms with van der Waals surface area (Å²) < 4.78 is 1.90. The maximum absolute atomic E-state index is 12.4. The lowest BCUT2D eigenvalue weighted by Gasteiger charge is -2.28. The van der Waals surface area contributed by atoms with E-state index < -0.39 is 5.97 Å². The number of carboxylic acid groups (broad SMARTS) is 1. The molecule has 1 aromatic rings. The smallest absolute Gasteiger partial charge is 0.303 e. The Labute approximate surface area is 129 Å². The molecule has 6 heteroatoms. The van der Waals surface area contributed by atoms with E-state index in [-0.39, 0.29) is 12.3 Å². The van der Waals surface area contributed by atoms with Crippen LogP contribution < -0.4 is 0 Å². The van der Waals surface area contributed by atoms with Crippen molar-refractivity contribution in [2.45, 2.75) is 45.2 Å². The van der Waals surface area contributed by atoms with E-state index in [1.807, 2.05) is 15.6 Å². The van der Waals surface area contributed by atoms with Crippen LogP contribution in [0.15, 0.2) is 18.2 Å². The van der Waals surface area contributed by atoms with Crippen molar-refractivity contribution in [1.82, 2.24) is 14.7 Å². The van der Waals surface area contributed by atoms with Crippen molar-refractivity contribution in [3.8, 4) is 0 Å². The summed E-state index contributed by atoms with van der Waals surface area (Å²) in [6, 6.07) is 1.93. The van der Waals surface area contributed by atoms with E-state index in [4.69, 9.17) is 5.11 Å². The van der Waals surface area contributed by atoms with Crippen LogP contribution in [0.25, 0.3) is 0 Å². The highest BCUT2D eigenvalue weighted by Crippen LogP contribution is 2.23. The third-order valence-electron chi connectivity index (χ3n) is 4.35. The number of nitrogens with zero attached hydrogens (tertiary/aromatic N) is 3. The fraction of sp³-hybridized carbons (Fsp3) is 0.562. The van der Waals surface area contributed by atoms with Crippen LogP contribution in [0, 0.1) is 5.92 Å². The van der Waals surface area contributed by atoms with E-state index in [2.05, 4.69) is 17.3 Å². The molecule has 118 valence electrons. The number of rotatable bonds is 5. The summed E-state index contributed by atoms with van der Waals surface area (Å²) in [6.07, 6.45) is 7.59. The molecule has 1 unspecified atom stereocenters. The zero-order valence-electron chi connectivity index (χ0n) is 12.6. The lowest BCUT2D eigenvalue weighted by Crippen LogP contribution is -2.38. The maximum Gasteiger partial charge on any atom is 0.303 e. The molecule has 22 heavy (non-hydrogen) atoms. The summed E-state index contributed by atoms with van der Waals surface area (Å²) in [5.74, 6) is -0.214. The molecular weight excluding hydrogens is 282 g/mol. The summed E-state index contributed by atoms with van der Waals surface area (Å²) in [4.78, 5) is 24.9. The zero-order chi connectivity index (χ0) is 15.5. The monoisotopic (exact) mass is 303 g/mol. The SMILES string of the molecule is O=C(O)CCc1cc2n(n1)CCN(C(=O)CC1C=CCC1)C2. The van der Waals surface area contributed by atoms with Crippen LogP contribution in [0.3, 0.4) is 0 Å². The second-order valence-corrected chi connectivity index (χ2v) is 6.03. The van der Waals surface area contributed by atoms with Crippen LogP contribution >= 0.6 is 0 Å². The minimum atomic E-state index is -0.813. The average molecular weight is 303 g/mol. The number of carbonyl (C=O) groups excluding carboxylic acids is 1. The molecule has 0 radical (unpaired) electrons. The zero-order valence-corrected chi connectivity index (χ0v) is 12.6. The Morgan fingerprint density at radius 3 is 2.95 bits per heavy atom. The number of carboxylic acids is 1. The lowest BCUT2D eigenvalue weighted by molar-refractivity contribution is -0.137. The third kappa shape index (κ3) is 3.37. The van der Waals surface area contributed by atoms with Gasteiger partial charge in [-0.05, 0) is 24.8 Å². The lowest BCUT2D eigenvalue weighted by atomic mass is 10.0. The molecule has 1 aliphatic heterocycles. The fourth-order valence-corrected chi connectivity index (χ4v) is 3.11. The number of amides is 1. The molecule has 6 nitrogen and oxygen atoms in total. The van der Waals surface area contributed by atoms with E-state index >= 15 is 0 Å². The predicted octanol–water partition coefficient (Wildman–Crippen LogP) is 1.60. The molecule has 1 N–H and O–H groups in total. The van der Waals surface area contributed by atoms with Crippen LogP contribution in [0.2, 0.25) is 0 Å². The number of hydrogen-bond donors (Lipinski definition) is 1. The Bertz CT molecular complexity index is 606. The number of allylic oxidation sites excluding steroid dienone is 2. The number of aromatic nitrogens is 2. The largest absolute Gasteiger partial charge is 0.481 e. The molecular formula is C16H21N3O3. The molecule has 0 saturated heterocycles. The van der Waals surface area contributed by atoms with Gasteiger partial charge in [0.15, 0.2) is 0 Å². The van der Waals surface area contributed by atoms with Crippen LogP contribution in [0.1, 0.15) is 37.1 Å². The standard InChI is InChI=1S/C16H21N3O3/c20-15(9-12-3-1-2-4-12)18-7-8-19-14(11-18)10-13(17-19)5-6-16(21)22/h1,3,10,12H,2,4-9,11H2,(H,21,22). The highest BCUT2D eigenvalue weighted by atomic mass is 16.4. The van der Waals surface area contributed by atoms with Gasteiger partial charge < -0.3 is 10.0 Å². The molecule has 1 atom stereocenters. The number of aryl methyl sites for hydroxylation is 1. The van der Waals surface area contributed by atoms with Gasteiger partial charge in [-0.25, -0.2) is 0 Å². The Morgan fingerprint density at radius 1 is 1.36 bits per heavy atom. The van der Waals surface area contributed by atoms with E-state index in [9.17, 15) is 9.59 Å². The minimum Gasteiger partial charge on any atom is -0.481 e. The molecule has 0 aromatic carbocycles. The molecule has 2 aliphatic rings. The van der Waals surface area contributed by atoms with Crippen molar-refractivity contribution in [1.29, 1.82) is 0 Å². The summed E-state index contributed by atoms with van der Waals surface area (Å²) in [5.41, 5.74) is 1.80. The van der Waals surface area contributed by atoms with Gasteiger partial charge in [-0.1, -0.05) is 12.2 Å². The third-order valence-corrected chi connectivity index (χ3v) is 4.35. The highest BCUT2D eigenvalue weighted by Gasteiger charge is 2.24. The first-order chi connectivity index (χ1) is 10.6. The molecule has 1 aromatic heterocycles. The highest BCUT2D eigenvalue weighted by molar-refractivity contribution is 5.76. The number of aliphatic carboxylic acids is 1. The van der Waals surface area contributed by atoms with E-state index in [0.717, 1.165) is 24.2 Å². The van der Waals surface area contributed by atoms with Crippen molar-refractivity contribution < 1.29 is 14.7 Å². The number of carbonyl (C=O) groups is 2. The predicted molar refractivity (Wildman–Crippen MR) is 80.1 cm³/mol. The molecule has 1 amide bonds. The Hall–Kier alpha value is -2.11. The van der Waals surface area contributed by atoms with Gasteiger partial charge in [0.05, 0.1) is 30.9 Å². The first-order valence-corrected chi connectivity index (χ1v) is 7.83. The van der Waals surface area contributed by atoms with Crippen molar-refractivity contribution in [3.63, 3.8) is 0 Å². The first kappa shape index (κ1) is 14.8. The van der Waals surface area contributed by atoms with Crippen molar-refractivity contribution in [2.75, 3.05) is 6.54 Å². The molecule has 2 heterocycles. The van der Waals surface area contributed by atoms with Crippen molar-refractivity contribution in [2.24, 2.45) is 5.92 Å². The van der Waals surface area contributed by atoms with E-state index in [1.165, 1.54) is 0 Å². The number of fused-ring (bicyclic) bond motifs is 1. The summed E-state index contributed by atoms with van der Waals surface area (Å²) in [6.45, 7) is 1.95. The molecule has 0 fully saturated rings. The first-order valence-electron chi connectivity index (χ1n) is 7.83. The quantitative estimate of drug-likeness (QED) is 0.838. The Morgan fingerprint density at radius 2 is 2.23 bits per heavy atom. The Kier molecular flexibility index (Phi) is 4.27. The van der Waals surface area contributed by atoms with Crippen molar-refractivity contribution >= 4 is 11.9 Å². The van der Waals surface area contributed by atoms with Gasteiger partial charge in [-0.15, -0.1) is 0 Å². The van der Waals surface area contributed by atoms with Gasteiger partial charge >= 0.3 is 5.97 Å². The average Bonchev–Trinajstić information content (AvgIpc) is 3.12. The second kappa shape index (κ2) is 6.34. The molecule has 0 bridgehead atoms. The maximum atomic E-state index is 12.4. The summed E-state index contributed by atoms with van der Waals surface area (Å²) >= 11 is 0. The van der Waals surface area contributed by atoms with E-state index in [1.54, 1.807) is 0 Å². The molecule has 0 saturated carbocycles. The molecule has 3 rings (SSSR count). The van der Waals surface area contributed by atoms with Gasteiger partial charge in [-0.2, -0.15) is 5.10 Å². The number of hydrogen-bond acceptors (Lipinski definition) is 3. The summed E-state index contributed by atoms with van der Waals surface area (Å²) in [7, 11) is 0. The van der Waals surface area contributed by atoms with Gasteiger partial charge in [0.1, 0.15) is 0 Å². The van der Waals surface area contributed by atoms with Gasteiger partial charge in [-0.3, -0.25) is 14.3 Å². The van der Waals surface area contributed by atoms with Crippen LogP contribution in [0.4, 0.5) is 0 Å². The normalized spacial score (nSPS) is 20.2. The second-order valence-electron chi connectivity index (χ2n) is 6.03. The van der Waals surface area contributed by atoms with Gasteiger partial charge in [0, 0.05) is 19.4 Å². The van der Waals surface area contributed by atoms with Gasteiger partial charge in [0.25, 0.3) is 0 Å². The van der Waals surface area contributed by atoms with Crippen LogP contribution in [0.5, 0.6) is 0 Å². The summed E-state index contributed by atoms with van der Waals surface area (Å²) in [5, 5.41) is 13.2. The fourth-order valence-electron chi connectivity index (χ4n) is 3.11. The minimum absolute atomic E-state index is 0.0904. The van der Waals surface area contributed by atoms with E-state index in [0.29, 0.717) is 38.4 Å². The molecule has 0 spiro atoms. The van der Waals surface area contributed by atoms with Crippen molar-refractivity contribution in [3.05, 3.63) is 29.6 Å². The van der Waals surface area contributed by atoms with Crippen LogP contribution in [-0.4, -0.2) is 38.2 Å². The Balaban J connectivity index is 1.59. The van der Waals surface area contributed by atoms with Crippen LogP contribution in [-0.2, 0) is 29.1 Å². The van der Waals surface area contributed by atoms with Gasteiger partial charge in [0.2, 0.25) is 5.91 Å². The molecule has 1 aliphatic carbocycles.